The van der Waals surface area contributed by atoms with Gasteiger partial charge in [0.15, 0.2) is 0 Å². The largest absolute Gasteiger partial charge is 0.491 e. The third kappa shape index (κ3) is 5.66. The molecule has 2 aromatic rings. The predicted octanol–water partition coefficient (Wildman–Crippen LogP) is 3.46. The number of likely N-dealkylation sites (tertiary alicyclic amines) is 1. The molecule has 1 saturated heterocycles. The Bertz CT molecular complexity index is 880. The van der Waals surface area contributed by atoms with Crippen molar-refractivity contribution < 1.29 is 20.1 Å². The number of fused-ring (bicyclic) bond motifs is 2. The second-order valence-electron chi connectivity index (χ2n) is 9.27. The highest BCUT2D eigenvalue weighted by atomic mass is 16.5. The van der Waals surface area contributed by atoms with Crippen LogP contribution in [-0.2, 0) is 0 Å². The van der Waals surface area contributed by atoms with Gasteiger partial charge in [-0.3, -0.25) is 0 Å². The lowest BCUT2D eigenvalue weighted by atomic mass is 9.79. The second kappa shape index (κ2) is 10.1. The number of aliphatic hydroxyl groups excluding tert-OH is 3. The molecule has 0 radical (unpaired) electrons. The van der Waals surface area contributed by atoms with Crippen molar-refractivity contribution in [1.29, 1.82) is 0 Å². The number of hydrogen-bond acceptors (Lipinski definition) is 5. The van der Waals surface area contributed by atoms with E-state index in [4.69, 9.17) is 4.74 Å². The number of nitrogens with zero attached hydrogens (tertiary/aromatic N) is 1. The minimum atomic E-state index is -0.606. The lowest BCUT2D eigenvalue weighted by Gasteiger charge is -2.32. The van der Waals surface area contributed by atoms with Gasteiger partial charge in [-0.1, -0.05) is 43.7 Å². The van der Waals surface area contributed by atoms with Crippen molar-refractivity contribution in [3.8, 4) is 5.75 Å². The molecular weight excluding hydrogens is 390 g/mol. The van der Waals surface area contributed by atoms with Crippen molar-refractivity contribution in [1.82, 2.24) is 4.90 Å². The summed E-state index contributed by atoms with van der Waals surface area (Å²) in [6, 6.07) is 12.5. The molecule has 5 nitrogen and oxygen atoms in total. The summed E-state index contributed by atoms with van der Waals surface area (Å²) in [7, 11) is 0. The fraction of sp³-hybridized carbons (Fsp3) is 0.538. The van der Waals surface area contributed by atoms with Gasteiger partial charge in [-0.25, -0.2) is 0 Å². The molecule has 4 rings (SSSR count). The van der Waals surface area contributed by atoms with Crippen LogP contribution in [0.4, 0.5) is 0 Å². The van der Waals surface area contributed by atoms with Crippen LogP contribution >= 0.6 is 0 Å². The summed E-state index contributed by atoms with van der Waals surface area (Å²) < 4.78 is 5.90. The maximum Gasteiger partial charge on any atom is 0.120 e. The van der Waals surface area contributed by atoms with Crippen LogP contribution in [-0.4, -0.2) is 64.8 Å². The van der Waals surface area contributed by atoms with E-state index in [1.54, 1.807) is 0 Å². The van der Waals surface area contributed by atoms with Crippen molar-refractivity contribution in [2.75, 3.05) is 26.2 Å². The zero-order chi connectivity index (χ0) is 21.8. The van der Waals surface area contributed by atoms with Gasteiger partial charge in [0, 0.05) is 19.6 Å². The minimum absolute atomic E-state index is 0.249. The molecule has 0 amide bonds. The van der Waals surface area contributed by atoms with Crippen LogP contribution in [0.2, 0.25) is 0 Å². The molecule has 5 atom stereocenters. The van der Waals surface area contributed by atoms with E-state index < -0.39 is 18.3 Å². The van der Waals surface area contributed by atoms with Gasteiger partial charge < -0.3 is 25.0 Å². The van der Waals surface area contributed by atoms with E-state index in [1.165, 1.54) is 10.9 Å². The number of β-amino-alcohol motifs (C(OH)–C–C–N with tert-alkyl or cyclic N) is 1. The van der Waals surface area contributed by atoms with Gasteiger partial charge in [0.1, 0.15) is 18.5 Å². The first-order valence-electron chi connectivity index (χ1n) is 11.6. The highest BCUT2D eigenvalue weighted by Gasteiger charge is 2.41. The fourth-order valence-electron chi connectivity index (χ4n) is 5.02. The van der Waals surface area contributed by atoms with Gasteiger partial charge in [-0.15, -0.1) is 0 Å². The van der Waals surface area contributed by atoms with Crippen LogP contribution < -0.4 is 4.74 Å². The minimum Gasteiger partial charge on any atom is -0.491 e. The van der Waals surface area contributed by atoms with Crippen molar-refractivity contribution in [3.63, 3.8) is 0 Å². The molecule has 5 heteroatoms. The van der Waals surface area contributed by atoms with E-state index in [0.29, 0.717) is 31.2 Å². The van der Waals surface area contributed by atoms with Crippen LogP contribution in [0.15, 0.2) is 42.5 Å². The Morgan fingerprint density at radius 2 is 1.74 bits per heavy atom. The molecule has 1 aliphatic carbocycles. The normalized spacial score (nSPS) is 27.6. The third-order valence-corrected chi connectivity index (χ3v) is 6.70. The SMILES string of the molecule is CCC/C=C/c1ccc2ccc(OCC(O)CN3C[C@H]4C[C@H](O)[C@H](O)C[C@H]4C3)cc2c1. The molecule has 1 saturated carbocycles. The Labute approximate surface area is 185 Å². The molecule has 2 fully saturated rings. The van der Waals surface area contributed by atoms with E-state index >= 15 is 0 Å². The molecule has 1 unspecified atom stereocenters. The van der Waals surface area contributed by atoms with E-state index in [9.17, 15) is 15.3 Å². The van der Waals surface area contributed by atoms with Gasteiger partial charge >= 0.3 is 0 Å². The van der Waals surface area contributed by atoms with Crippen molar-refractivity contribution in [2.24, 2.45) is 11.8 Å². The Morgan fingerprint density at radius 3 is 2.45 bits per heavy atom. The van der Waals surface area contributed by atoms with Crippen molar-refractivity contribution in [3.05, 3.63) is 48.0 Å². The molecule has 3 N–H and O–H groups in total. The molecule has 0 aromatic heterocycles. The van der Waals surface area contributed by atoms with E-state index in [-0.39, 0.29) is 6.61 Å². The highest BCUT2D eigenvalue weighted by Crippen LogP contribution is 2.36. The van der Waals surface area contributed by atoms with Gasteiger partial charge in [-0.05, 0) is 65.6 Å². The van der Waals surface area contributed by atoms with E-state index in [2.05, 4.69) is 48.2 Å². The number of allylic oxidation sites excluding steroid dienone is 1. The summed E-state index contributed by atoms with van der Waals surface area (Å²) in [5.41, 5.74) is 1.18. The zero-order valence-electron chi connectivity index (χ0n) is 18.4. The molecule has 31 heavy (non-hydrogen) atoms. The molecule has 0 spiro atoms. The van der Waals surface area contributed by atoms with Crippen LogP contribution in [0, 0.1) is 11.8 Å². The Hall–Kier alpha value is -1.92. The average Bonchev–Trinajstić information content (AvgIpc) is 3.13. The number of ether oxygens (including phenoxy) is 1. The number of aliphatic hydroxyl groups is 3. The molecule has 2 aliphatic rings. The summed E-state index contributed by atoms with van der Waals surface area (Å²) in [6.45, 7) is 4.72. The van der Waals surface area contributed by atoms with Gasteiger partial charge in [0.2, 0.25) is 0 Å². The lowest BCUT2D eigenvalue weighted by Crippen LogP contribution is -2.38. The average molecular weight is 426 g/mol. The number of hydrogen-bond donors (Lipinski definition) is 3. The van der Waals surface area contributed by atoms with Gasteiger partial charge in [0.05, 0.1) is 12.2 Å². The molecule has 0 bridgehead atoms. The molecular formula is C26H35NO4. The summed E-state index contributed by atoms with van der Waals surface area (Å²) >= 11 is 0. The quantitative estimate of drug-likeness (QED) is 0.604. The van der Waals surface area contributed by atoms with Crippen LogP contribution in [0.25, 0.3) is 16.8 Å². The van der Waals surface area contributed by atoms with Crippen LogP contribution in [0.1, 0.15) is 38.2 Å². The van der Waals surface area contributed by atoms with Crippen LogP contribution in [0.3, 0.4) is 0 Å². The summed E-state index contributed by atoms with van der Waals surface area (Å²) in [5, 5.41) is 32.6. The number of benzene rings is 2. The highest BCUT2D eigenvalue weighted by molar-refractivity contribution is 5.86. The lowest BCUT2D eigenvalue weighted by molar-refractivity contribution is -0.0372. The van der Waals surface area contributed by atoms with E-state index in [0.717, 1.165) is 37.1 Å². The standard InChI is InChI=1S/C26H35NO4/c1-2-3-4-5-18-6-7-19-8-9-24(11-20(19)10-18)31-17-23(28)16-27-14-21-12-25(29)26(30)13-22(21)15-27/h4-11,21-23,25-26,28-30H,2-3,12-17H2,1H3/b5-4+/t21-,22+,23?,25+,26-. The molecule has 1 heterocycles. The monoisotopic (exact) mass is 425 g/mol. The number of rotatable bonds is 8. The first-order chi connectivity index (χ1) is 15.0. The van der Waals surface area contributed by atoms with Gasteiger partial charge in [0.25, 0.3) is 0 Å². The van der Waals surface area contributed by atoms with E-state index in [1.807, 2.05) is 12.1 Å². The summed E-state index contributed by atoms with van der Waals surface area (Å²) in [5.74, 6) is 1.59. The number of unbranched alkanes of at least 4 members (excludes halogenated alkanes) is 1. The first-order valence-corrected chi connectivity index (χ1v) is 11.6. The Balaban J connectivity index is 1.30. The Kier molecular flexibility index (Phi) is 7.28. The fourth-order valence-corrected chi connectivity index (χ4v) is 5.02. The predicted molar refractivity (Wildman–Crippen MR) is 124 cm³/mol. The van der Waals surface area contributed by atoms with Crippen molar-refractivity contribution in [2.45, 2.75) is 50.9 Å². The summed E-state index contributed by atoms with van der Waals surface area (Å²) in [6.07, 6.45) is 6.11. The second-order valence-corrected chi connectivity index (χ2v) is 9.27. The maximum atomic E-state index is 10.5. The van der Waals surface area contributed by atoms with Gasteiger partial charge in [-0.2, -0.15) is 0 Å². The third-order valence-electron chi connectivity index (χ3n) is 6.70. The molecule has 168 valence electrons. The topological polar surface area (TPSA) is 73.2 Å². The molecule has 2 aromatic carbocycles. The van der Waals surface area contributed by atoms with Crippen molar-refractivity contribution >= 4 is 16.8 Å². The van der Waals surface area contributed by atoms with Crippen LogP contribution in [0.5, 0.6) is 5.75 Å². The Morgan fingerprint density at radius 1 is 1.03 bits per heavy atom. The summed E-state index contributed by atoms with van der Waals surface area (Å²) in [4.78, 5) is 2.24. The smallest absolute Gasteiger partial charge is 0.120 e. The maximum absolute atomic E-state index is 10.5. The first kappa shape index (κ1) is 22.3. The zero-order valence-corrected chi connectivity index (χ0v) is 18.4. The molecule has 1 aliphatic heterocycles.